The molecule has 1 heterocycles. The first-order valence-electron chi connectivity index (χ1n) is 4.38. The number of aromatic nitrogens is 1. The lowest BCUT2D eigenvalue weighted by atomic mass is 9.98. The van der Waals surface area contributed by atoms with E-state index in [-0.39, 0.29) is 5.92 Å². The van der Waals surface area contributed by atoms with E-state index < -0.39 is 6.10 Å². The normalized spacial score (nSPS) is 14.4. The second-order valence-electron chi connectivity index (χ2n) is 2.99. The summed E-state index contributed by atoms with van der Waals surface area (Å²) >= 11 is 3.26. The molecule has 1 aromatic rings. The van der Waals surface area contributed by atoms with Crippen molar-refractivity contribution in [2.75, 3.05) is 0 Å². The number of aliphatic hydroxyl groups excluding tert-OH is 1. The van der Waals surface area contributed by atoms with E-state index in [1.807, 2.05) is 6.92 Å². The van der Waals surface area contributed by atoms with Crippen molar-refractivity contribution in [1.82, 2.24) is 4.98 Å². The van der Waals surface area contributed by atoms with Crippen LogP contribution in [0.5, 0.6) is 0 Å². The van der Waals surface area contributed by atoms with Gasteiger partial charge in [-0.2, -0.15) is 5.26 Å². The van der Waals surface area contributed by atoms with E-state index >= 15 is 0 Å². The molecule has 0 spiro atoms. The van der Waals surface area contributed by atoms with Crippen LogP contribution in [0.25, 0.3) is 0 Å². The second-order valence-corrected chi connectivity index (χ2v) is 3.91. The van der Waals surface area contributed by atoms with Crippen LogP contribution in [-0.2, 0) is 0 Å². The molecule has 1 rings (SSSR count). The zero-order chi connectivity index (χ0) is 10.6. The van der Waals surface area contributed by atoms with Crippen LogP contribution in [0.4, 0.5) is 0 Å². The van der Waals surface area contributed by atoms with E-state index in [0.29, 0.717) is 12.1 Å². The van der Waals surface area contributed by atoms with Crippen LogP contribution in [0.1, 0.15) is 25.1 Å². The Hall–Kier alpha value is -0.920. The van der Waals surface area contributed by atoms with Crippen LogP contribution >= 0.6 is 15.9 Å². The van der Waals surface area contributed by atoms with Crippen molar-refractivity contribution in [2.45, 2.75) is 19.4 Å². The fourth-order valence-corrected chi connectivity index (χ4v) is 1.39. The molecule has 3 nitrogen and oxygen atoms in total. The van der Waals surface area contributed by atoms with E-state index in [2.05, 4.69) is 27.0 Å². The lowest BCUT2D eigenvalue weighted by Gasteiger charge is -2.13. The van der Waals surface area contributed by atoms with Gasteiger partial charge in [0, 0.05) is 10.7 Å². The maximum Gasteiger partial charge on any atom is 0.112 e. The molecule has 1 aromatic heterocycles. The van der Waals surface area contributed by atoms with Crippen molar-refractivity contribution >= 4 is 15.9 Å². The molecule has 1 N–H and O–H groups in total. The quantitative estimate of drug-likeness (QED) is 0.902. The number of pyridine rings is 1. The number of rotatable bonds is 3. The monoisotopic (exact) mass is 254 g/mol. The summed E-state index contributed by atoms with van der Waals surface area (Å²) in [6.07, 6.45) is 1.44. The summed E-state index contributed by atoms with van der Waals surface area (Å²) in [6.45, 7) is 1.87. The number of nitrogens with zero attached hydrogens (tertiary/aromatic N) is 2. The Balaban J connectivity index is 2.84. The molecule has 0 aromatic carbocycles. The first-order valence-corrected chi connectivity index (χ1v) is 5.17. The van der Waals surface area contributed by atoms with Gasteiger partial charge in [0.05, 0.1) is 17.7 Å². The molecule has 0 radical (unpaired) electrons. The Morgan fingerprint density at radius 1 is 1.64 bits per heavy atom. The third-order valence-electron chi connectivity index (χ3n) is 2.04. The molecular weight excluding hydrogens is 244 g/mol. The third kappa shape index (κ3) is 2.53. The zero-order valence-corrected chi connectivity index (χ0v) is 9.40. The SMILES string of the molecule is CCC(C#N)C(O)c1ccc(Br)cn1. The Morgan fingerprint density at radius 2 is 2.36 bits per heavy atom. The number of nitriles is 1. The fraction of sp³-hybridized carbons (Fsp3) is 0.400. The van der Waals surface area contributed by atoms with Gasteiger partial charge >= 0.3 is 0 Å². The molecular formula is C10H11BrN2O. The number of hydrogen-bond donors (Lipinski definition) is 1. The molecule has 0 aliphatic heterocycles. The predicted octanol–water partition coefficient (Wildman–Crippen LogP) is 2.43. The Bertz CT molecular complexity index is 331. The van der Waals surface area contributed by atoms with Crippen molar-refractivity contribution < 1.29 is 5.11 Å². The molecule has 0 amide bonds. The minimum absolute atomic E-state index is 0.385. The number of aliphatic hydroxyl groups is 1. The van der Waals surface area contributed by atoms with Crippen LogP contribution in [0.3, 0.4) is 0 Å². The fourth-order valence-electron chi connectivity index (χ4n) is 1.15. The van der Waals surface area contributed by atoms with Gasteiger partial charge < -0.3 is 5.11 Å². The van der Waals surface area contributed by atoms with Gasteiger partial charge in [0.15, 0.2) is 0 Å². The van der Waals surface area contributed by atoms with E-state index in [1.165, 1.54) is 0 Å². The molecule has 0 aliphatic rings. The second kappa shape index (κ2) is 5.08. The molecule has 0 saturated heterocycles. The summed E-state index contributed by atoms with van der Waals surface area (Å²) in [7, 11) is 0. The van der Waals surface area contributed by atoms with Crippen molar-refractivity contribution in [2.24, 2.45) is 5.92 Å². The first kappa shape index (κ1) is 11.2. The van der Waals surface area contributed by atoms with Crippen LogP contribution in [0.15, 0.2) is 22.8 Å². The molecule has 0 fully saturated rings. The maximum absolute atomic E-state index is 9.77. The van der Waals surface area contributed by atoms with Crippen LogP contribution < -0.4 is 0 Å². The molecule has 4 heteroatoms. The largest absolute Gasteiger partial charge is 0.385 e. The smallest absolute Gasteiger partial charge is 0.112 e. The Labute approximate surface area is 91.5 Å². The summed E-state index contributed by atoms with van der Waals surface area (Å²) < 4.78 is 0.860. The lowest BCUT2D eigenvalue weighted by Crippen LogP contribution is -2.11. The highest BCUT2D eigenvalue weighted by molar-refractivity contribution is 9.10. The standard InChI is InChI=1S/C10H11BrN2O/c1-2-7(5-12)10(14)9-4-3-8(11)6-13-9/h3-4,6-7,10,14H,2H2,1H3. The van der Waals surface area contributed by atoms with Gasteiger partial charge in [-0.1, -0.05) is 6.92 Å². The van der Waals surface area contributed by atoms with Gasteiger partial charge in [-0.3, -0.25) is 4.98 Å². The minimum Gasteiger partial charge on any atom is -0.385 e. The lowest BCUT2D eigenvalue weighted by molar-refractivity contribution is 0.128. The van der Waals surface area contributed by atoms with Crippen LogP contribution in [-0.4, -0.2) is 10.1 Å². The highest BCUT2D eigenvalue weighted by Crippen LogP contribution is 2.23. The van der Waals surface area contributed by atoms with Gasteiger partial charge in [-0.15, -0.1) is 0 Å². The summed E-state index contributed by atoms with van der Waals surface area (Å²) in [4.78, 5) is 4.05. The molecule has 74 valence electrons. The summed E-state index contributed by atoms with van der Waals surface area (Å²) in [6, 6.07) is 5.58. The number of hydrogen-bond acceptors (Lipinski definition) is 3. The Morgan fingerprint density at radius 3 is 2.79 bits per heavy atom. The molecule has 14 heavy (non-hydrogen) atoms. The molecule has 0 bridgehead atoms. The first-order chi connectivity index (χ1) is 6.69. The third-order valence-corrected chi connectivity index (χ3v) is 2.51. The minimum atomic E-state index is -0.793. The van der Waals surface area contributed by atoms with Gasteiger partial charge in [0.1, 0.15) is 6.10 Å². The van der Waals surface area contributed by atoms with Crippen molar-refractivity contribution in [3.05, 3.63) is 28.5 Å². The topological polar surface area (TPSA) is 56.9 Å². The van der Waals surface area contributed by atoms with E-state index in [4.69, 9.17) is 5.26 Å². The van der Waals surface area contributed by atoms with Crippen molar-refractivity contribution in [3.63, 3.8) is 0 Å². The van der Waals surface area contributed by atoms with Crippen LogP contribution in [0, 0.1) is 17.2 Å². The highest BCUT2D eigenvalue weighted by atomic mass is 79.9. The summed E-state index contributed by atoms with van der Waals surface area (Å²) in [5, 5.41) is 18.5. The van der Waals surface area contributed by atoms with Gasteiger partial charge in [-0.25, -0.2) is 0 Å². The maximum atomic E-state index is 9.77. The van der Waals surface area contributed by atoms with Gasteiger partial charge in [0.25, 0.3) is 0 Å². The molecule has 2 unspecified atom stereocenters. The molecule has 2 atom stereocenters. The van der Waals surface area contributed by atoms with E-state index in [9.17, 15) is 5.11 Å². The molecule has 0 aliphatic carbocycles. The zero-order valence-electron chi connectivity index (χ0n) is 7.81. The Kier molecular flexibility index (Phi) is 4.05. The summed E-state index contributed by atoms with van der Waals surface area (Å²) in [5.41, 5.74) is 0.543. The summed E-state index contributed by atoms with van der Waals surface area (Å²) in [5.74, 6) is -0.385. The van der Waals surface area contributed by atoms with E-state index in [0.717, 1.165) is 4.47 Å². The van der Waals surface area contributed by atoms with Gasteiger partial charge in [-0.05, 0) is 34.5 Å². The average molecular weight is 255 g/mol. The predicted molar refractivity (Wildman–Crippen MR) is 56.3 cm³/mol. The van der Waals surface area contributed by atoms with Gasteiger partial charge in [0.2, 0.25) is 0 Å². The van der Waals surface area contributed by atoms with E-state index in [1.54, 1.807) is 18.3 Å². The highest BCUT2D eigenvalue weighted by Gasteiger charge is 2.19. The van der Waals surface area contributed by atoms with Crippen molar-refractivity contribution in [3.8, 4) is 6.07 Å². The molecule has 0 saturated carbocycles. The van der Waals surface area contributed by atoms with Crippen LogP contribution in [0.2, 0.25) is 0 Å². The average Bonchev–Trinajstić information content (AvgIpc) is 2.20. The van der Waals surface area contributed by atoms with Crippen molar-refractivity contribution in [1.29, 1.82) is 5.26 Å². The number of halogens is 1.